The van der Waals surface area contributed by atoms with Gasteiger partial charge in [-0.2, -0.15) is 0 Å². The van der Waals surface area contributed by atoms with Gasteiger partial charge in [-0.3, -0.25) is 4.79 Å². The van der Waals surface area contributed by atoms with Gasteiger partial charge in [-0.25, -0.2) is 9.97 Å². The number of halogens is 1. The number of nitrogens with one attached hydrogen (secondary N) is 1. The van der Waals surface area contributed by atoms with Gasteiger partial charge in [-0.15, -0.1) is 0 Å². The number of nitrogens with zero attached hydrogens (tertiary/aromatic N) is 2. The van der Waals surface area contributed by atoms with Crippen LogP contribution in [-0.4, -0.2) is 36.0 Å². The first kappa shape index (κ1) is 12.3. The van der Waals surface area contributed by atoms with E-state index in [9.17, 15) is 4.79 Å². The maximum atomic E-state index is 10.8. The molecule has 1 heterocycles. The van der Waals surface area contributed by atoms with Gasteiger partial charge in [-0.05, 0) is 18.8 Å². The highest BCUT2D eigenvalue weighted by Gasteiger charge is 2.20. The molecule has 6 heteroatoms. The molecule has 0 aliphatic heterocycles. The summed E-state index contributed by atoms with van der Waals surface area (Å²) in [5.74, 6) is 1.21. The summed E-state index contributed by atoms with van der Waals surface area (Å²) in [5, 5.41) is 3.17. The van der Waals surface area contributed by atoms with Crippen LogP contribution < -0.4 is 5.32 Å². The van der Waals surface area contributed by atoms with Crippen molar-refractivity contribution < 1.29 is 9.53 Å². The molecule has 0 spiro atoms. The molecule has 1 N–H and O–H groups in total. The standard InChI is InChI=1S/C11H14ClN3O2/c12-10-9(5-16)11(15-7-14-10)13-3-4-17-6-8-1-2-8/h5,7-8H,1-4,6H2,(H,13,14,15). The summed E-state index contributed by atoms with van der Waals surface area (Å²) in [5.41, 5.74) is 0.288. The van der Waals surface area contributed by atoms with Crippen molar-refractivity contribution in [1.29, 1.82) is 0 Å². The number of hydrogen-bond acceptors (Lipinski definition) is 5. The molecule has 1 fully saturated rings. The number of carbonyl (C=O) groups excluding carboxylic acids is 1. The monoisotopic (exact) mass is 255 g/mol. The molecule has 1 aromatic heterocycles. The summed E-state index contributed by atoms with van der Waals surface area (Å²) in [6, 6.07) is 0. The second kappa shape index (κ2) is 5.93. The van der Waals surface area contributed by atoms with Crippen LogP contribution in [0.5, 0.6) is 0 Å². The highest BCUT2D eigenvalue weighted by molar-refractivity contribution is 6.32. The van der Waals surface area contributed by atoms with E-state index in [1.807, 2.05) is 0 Å². The van der Waals surface area contributed by atoms with Crippen LogP contribution in [-0.2, 0) is 4.74 Å². The van der Waals surface area contributed by atoms with Gasteiger partial charge in [0.05, 0.1) is 12.2 Å². The fourth-order valence-corrected chi connectivity index (χ4v) is 1.57. The van der Waals surface area contributed by atoms with Crippen molar-refractivity contribution in [2.75, 3.05) is 25.1 Å². The van der Waals surface area contributed by atoms with Crippen LogP contribution in [0.4, 0.5) is 5.82 Å². The Morgan fingerprint density at radius 3 is 3.06 bits per heavy atom. The van der Waals surface area contributed by atoms with Crippen molar-refractivity contribution in [2.45, 2.75) is 12.8 Å². The third-order valence-corrected chi connectivity index (χ3v) is 2.84. The van der Waals surface area contributed by atoms with Gasteiger partial charge in [0.2, 0.25) is 0 Å². The van der Waals surface area contributed by atoms with E-state index in [2.05, 4.69) is 15.3 Å². The van der Waals surface area contributed by atoms with Gasteiger partial charge in [0.15, 0.2) is 6.29 Å². The maximum Gasteiger partial charge on any atom is 0.156 e. The molecule has 1 saturated carbocycles. The van der Waals surface area contributed by atoms with Crippen molar-refractivity contribution in [2.24, 2.45) is 5.92 Å². The second-order valence-corrected chi connectivity index (χ2v) is 4.35. The first-order chi connectivity index (χ1) is 8.31. The average Bonchev–Trinajstić information content (AvgIpc) is 3.13. The minimum atomic E-state index is 0.163. The molecule has 0 amide bonds. The Morgan fingerprint density at radius 1 is 1.53 bits per heavy atom. The van der Waals surface area contributed by atoms with E-state index >= 15 is 0 Å². The van der Waals surface area contributed by atoms with Gasteiger partial charge >= 0.3 is 0 Å². The molecule has 1 aliphatic carbocycles. The molecule has 5 nitrogen and oxygen atoms in total. The van der Waals surface area contributed by atoms with Crippen LogP contribution in [0.2, 0.25) is 5.15 Å². The molecular weight excluding hydrogens is 242 g/mol. The zero-order valence-corrected chi connectivity index (χ0v) is 10.1. The first-order valence-electron chi connectivity index (χ1n) is 5.58. The van der Waals surface area contributed by atoms with Crippen LogP contribution in [0.25, 0.3) is 0 Å². The van der Waals surface area contributed by atoms with E-state index in [0.29, 0.717) is 25.3 Å². The Bertz CT molecular complexity index is 396. The smallest absolute Gasteiger partial charge is 0.156 e. The molecule has 0 bridgehead atoms. The highest BCUT2D eigenvalue weighted by Crippen LogP contribution is 2.28. The molecule has 1 aliphatic rings. The van der Waals surface area contributed by atoms with E-state index in [4.69, 9.17) is 16.3 Å². The van der Waals surface area contributed by atoms with Gasteiger partial charge in [0.1, 0.15) is 17.3 Å². The number of anilines is 1. The molecule has 17 heavy (non-hydrogen) atoms. The fraction of sp³-hybridized carbons (Fsp3) is 0.545. The minimum absolute atomic E-state index is 0.163. The maximum absolute atomic E-state index is 10.8. The molecule has 0 aromatic carbocycles. The Labute approximate surface area is 105 Å². The molecule has 0 radical (unpaired) electrons. The van der Waals surface area contributed by atoms with Crippen molar-refractivity contribution in [1.82, 2.24) is 9.97 Å². The Hall–Kier alpha value is -1.20. The van der Waals surface area contributed by atoms with Crippen LogP contribution in [0.1, 0.15) is 23.2 Å². The summed E-state index contributed by atoms with van der Waals surface area (Å²) < 4.78 is 5.46. The third-order valence-electron chi connectivity index (χ3n) is 2.54. The average molecular weight is 256 g/mol. The second-order valence-electron chi connectivity index (χ2n) is 3.99. The molecular formula is C11H14ClN3O2. The van der Waals surface area contributed by atoms with E-state index < -0.39 is 0 Å². The minimum Gasteiger partial charge on any atom is -0.379 e. The van der Waals surface area contributed by atoms with Crippen LogP contribution in [0, 0.1) is 5.92 Å². The van der Waals surface area contributed by atoms with Crippen molar-refractivity contribution in [3.8, 4) is 0 Å². The summed E-state index contributed by atoms with van der Waals surface area (Å²) in [6.45, 7) is 2.02. The number of hydrogen-bond donors (Lipinski definition) is 1. The molecule has 0 saturated heterocycles. The Morgan fingerprint density at radius 2 is 2.35 bits per heavy atom. The van der Waals surface area contributed by atoms with Crippen LogP contribution in [0.15, 0.2) is 6.33 Å². The van der Waals surface area contributed by atoms with Crippen molar-refractivity contribution >= 4 is 23.7 Å². The van der Waals surface area contributed by atoms with Gasteiger partial charge in [0, 0.05) is 13.2 Å². The first-order valence-corrected chi connectivity index (χ1v) is 5.96. The third kappa shape index (κ3) is 3.64. The van der Waals surface area contributed by atoms with Crippen LogP contribution in [0.3, 0.4) is 0 Å². The van der Waals surface area contributed by atoms with E-state index in [1.165, 1.54) is 19.2 Å². The van der Waals surface area contributed by atoms with Crippen molar-refractivity contribution in [3.63, 3.8) is 0 Å². The molecule has 0 atom stereocenters. The Kier molecular flexibility index (Phi) is 4.28. The number of aromatic nitrogens is 2. The predicted molar refractivity (Wildman–Crippen MR) is 64.5 cm³/mol. The topological polar surface area (TPSA) is 64.1 Å². The largest absolute Gasteiger partial charge is 0.379 e. The number of carbonyl (C=O) groups is 1. The van der Waals surface area contributed by atoms with E-state index in [1.54, 1.807) is 0 Å². The van der Waals surface area contributed by atoms with Gasteiger partial charge < -0.3 is 10.1 Å². The lowest BCUT2D eigenvalue weighted by molar-refractivity contribution is 0.112. The summed E-state index contributed by atoms with van der Waals surface area (Å²) >= 11 is 5.77. The molecule has 92 valence electrons. The van der Waals surface area contributed by atoms with Crippen LogP contribution >= 0.6 is 11.6 Å². The number of aldehydes is 1. The quantitative estimate of drug-likeness (QED) is 0.457. The highest BCUT2D eigenvalue weighted by atomic mass is 35.5. The number of rotatable bonds is 7. The zero-order chi connectivity index (χ0) is 12.1. The fourth-order valence-electron chi connectivity index (χ4n) is 1.40. The van der Waals surface area contributed by atoms with E-state index in [0.717, 1.165) is 12.5 Å². The molecule has 0 unspecified atom stereocenters. The van der Waals surface area contributed by atoms with E-state index in [-0.39, 0.29) is 10.7 Å². The summed E-state index contributed by atoms with van der Waals surface area (Å²) in [6.07, 6.45) is 4.53. The summed E-state index contributed by atoms with van der Waals surface area (Å²) in [7, 11) is 0. The molecule has 1 aromatic rings. The van der Waals surface area contributed by atoms with Gasteiger partial charge in [-0.1, -0.05) is 11.6 Å². The van der Waals surface area contributed by atoms with Gasteiger partial charge in [0.25, 0.3) is 0 Å². The SMILES string of the molecule is O=Cc1c(Cl)ncnc1NCCOCC1CC1. The zero-order valence-electron chi connectivity index (χ0n) is 9.36. The predicted octanol–water partition coefficient (Wildman–Crippen LogP) is 1.78. The molecule has 2 rings (SSSR count). The van der Waals surface area contributed by atoms with Crippen molar-refractivity contribution in [3.05, 3.63) is 17.0 Å². The lowest BCUT2D eigenvalue weighted by Gasteiger charge is -2.08. The Balaban J connectivity index is 1.77. The number of ether oxygens (including phenoxy) is 1. The summed E-state index contributed by atoms with van der Waals surface area (Å²) in [4.78, 5) is 18.5. The lowest BCUT2D eigenvalue weighted by atomic mass is 10.3. The normalized spacial score (nSPS) is 14.6. The lowest BCUT2D eigenvalue weighted by Crippen LogP contribution is -2.13.